The van der Waals surface area contributed by atoms with Gasteiger partial charge in [-0.1, -0.05) is 39.5 Å². The van der Waals surface area contributed by atoms with Gasteiger partial charge >= 0.3 is 0 Å². The zero-order chi connectivity index (χ0) is 14.5. The predicted octanol–water partition coefficient (Wildman–Crippen LogP) is 1.74. The van der Waals surface area contributed by atoms with Crippen LogP contribution in [0.3, 0.4) is 0 Å². The summed E-state index contributed by atoms with van der Waals surface area (Å²) in [6.45, 7) is 4.83. The van der Waals surface area contributed by atoms with Crippen molar-refractivity contribution in [1.29, 1.82) is 0 Å². The summed E-state index contributed by atoms with van der Waals surface area (Å²) in [5.41, 5.74) is 6.11. The molecule has 0 spiro atoms. The zero-order valence-corrected chi connectivity index (χ0v) is 13.0. The molecule has 4 heteroatoms. The Bertz CT molecular complexity index is 285. The van der Waals surface area contributed by atoms with E-state index in [0.717, 1.165) is 13.0 Å². The molecule has 2 atom stereocenters. The summed E-state index contributed by atoms with van der Waals surface area (Å²) in [6, 6.07) is -0.382. The molecule has 112 valence electrons. The largest absolute Gasteiger partial charge is 0.353 e. The van der Waals surface area contributed by atoms with Gasteiger partial charge in [-0.15, -0.1) is 0 Å². The Labute approximate surface area is 118 Å². The van der Waals surface area contributed by atoms with Crippen LogP contribution in [-0.4, -0.2) is 43.0 Å². The highest BCUT2D eigenvalue weighted by atomic mass is 16.2. The lowest BCUT2D eigenvalue weighted by atomic mass is 9.80. The quantitative estimate of drug-likeness (QED) is 0.772. The van der Waals surface area contributed by atoms with Crippen LogP contribution in [0.2, 0.25) is 0 Å². The van der Waals surface area contributed by atoms with Crippen LogP contribution in [0.4, 0.5) is 0 Å². The fourth-order valence-corrected chi connectivity index (χ4v) is 2.87. The standard InChI is InChI=1S/C15H31N3O/c1-5-12(2)13(16)14(19)17-11-15(18(3)4)9-7-6-8-10-15/h12-13H,5-11,16H2,1-4H3,(H,17,19)/t12-,13-/m0/s1. The molecule has 0 aromatic heterocycles. The second kappa shape index (κ2) is 7.25. The first kappa shape index (κ1) is 16.4. The number of amides is 1. The number of nitrogens with zero attached hydrogens (tertiary/aromatic N) is 1. The van der Waals surface area contributed by atoms with Gasteiger partial charge in [0.1, 0.15) is 0 Å². The molecule has 19 heavy (non-hydrogen) atoms. The maximum atomic E-state index is 12.1. The van der Waals surface area contributed by atoms with Crippen LogP contribution in [0, 0.1) is 5.92 Å². The molecule has 0 aromatic rings. The third kappa shape index (κ3) is 4.18. The Morgan fingerprint density at radius 3 is 2.37 bits per heavy atom. The van der Waals surface area contributed by atoms with Gasteiger partial charge in [-0.05, 0) is 32.9 Å². The molecule has 0 aromatic carbocycles. The molecule has 0 bridgehead atoms. The maximum absolute atomic E-state index is 12.1. The minimum atomic E-state index is -0.382. The number of likely N-dealkylation sites (N-methyl/N-ethyl adjacent to an activating group) is 1. The van der Waals surface area contributed by atoms with Crippen molar-refractivity contribution in [2.75, 3.05) is 20.6 Å². The molecule has 1 fully saturated rings. The van der Waals surface area contributed by atoms with Crippen LogP contribution >= 0.6 is 0 Å². The van der Waals surface area contributed by atoms with E-state index in [2.05, 4.69) is 31.2 Å². The van der Waals surface area contributed by atoms with Gasteiger partial charge < -0.3 is 16.0 Å². The van der Waals surface area contributed by atoms with E-state index in [1.54, 1.807) is 0 Å². The average molecular weight is 269 g/mol. The SMILES string of the molecule is CC[C@H](C)[C@H](N)C(=O)NCC1(N(C)C)CCCCC1. The van der Waals surface area contributed by atoms with Crippen LogP contribution in [0.1, 0.15) is 52.4 Å². The van der Waals surface area contributed by atoms with Crippen LogP contribution in [0.25, 0.3) is 0 Å². The van der Waals surface area contributed by atoms with Gasteiger partial charge in [0.05, 0.1) is 6.04 Å². The number of hydrogen-bond acceptors (Lipinski definition) is 3. The van der Waals surface area contributed by atoms with Gasteiger partial charge in [0.2, 0.25) is 5.91 Å². The smallest absolute Gasteiger partial charge is 0.237 e. The molecule has 1 saturated carbocycles. The van der Waals surface area contributed by atoms with Gasteiger partial charge in [0.25, 0.3) is 0 Å². The molecule has 0 aliphatic heterocycles. The highest BCUT2D eigenvalue weighted by Crippen LogP contribution is 2.31. The first-order valence-corrected chi connectivity index (χ1v) is 7.63. The van der Waals surface area contributed by atoms with Crippen molar-refractivity contribution >= 4 is 5.91 Å². The molecular weight excluding hydrogens is 238 g/mol. The molecule has 4 nitrogen and oxygen atoms in total. The van der Waals surface area contributed by atoms with Crippen molar-refractivity contribution in [1.82, 2.24) is 10.2 Å². The molecule has 0 heterocycles. The lowest BCUT2D eigenvalue weighted by Gasteiger charge is -2.43. The van der Waals surface area contributed by atoms with E-state index in [1.165, 1.54) is 32.1 Å². The number of carbonyl (C=O) groups is 1. The lowest BCUT2D eigenvalue weighted by molar-refractivity contribution is -0.124. The monoisotopic (exact) mass is 269 g/mol. The van der Waals surface area contributed by atoms with Gasteiger partial charge in [-0.2, -0.15) is 0 Å². The topological polar surface area (TPSA) is 58.4 Å². The molecule has 1 aliphatic rings. The highest BCUT2D eigenvalue weighted by molar-refractivity contribution is 5.81. The summed E-state index contributed by atoms with van der Waals surface area (Å²) in [6.07, 6.45) is 7.10. The number of carbonyl (C=O) groups excluding carboxylic acids is 1. The molecule has 0 unspecified atom stereocenters. The van der Waals surface area contributed by atoms with Crippen LogP contribution in [0.15, 0.2) is 0 Å². The Hall–Kier alpha value is -0.610. The molecular formula is C15H31N3O. The van der Waals surface area contributed by atoms with E-state index in [0.29, 0.717) is 0 Å². The zero-order valence-electron chi connectivity index (χ0n) is 13.0. The summed E-state index contributed by atoms with van der Waals surface area (Å²) >= 11 is 0. The average Bonchev–Trinajstić information content (AvgIpc) is 2.43. The molecule has 1 aliphatic carbocycles. The van der Waals surface area contributed by atoms with Crippen molar-refractivity contribution in [3.05, 3.63) is 0 Å². The Kier molecular flexibility index (Phi) is 6.27. The van der Waals surface area contributed by atoms with Crippen LogP contribution < -0.4 is 11.1 Å². The first-order chi connectivity index (χ1) is 8.93. The molecule has 0 saturated heterocycles. The first-order valence-electron chi connectivity index (χ1n) is 7.63. The van der Waals surface area contributed by atoms with E-state index >= 15 is 0 Å². The van der Waals surface area contributed by atoms with Gasteiger partial charge in [-0.25, -0.2) is 0 Å². The fourth-order valence-electron chi connectivity index (χ4n) is 2.87. The molecule has 0 radical (unpaired) electrons. The Balaban J connectivity index is 2.55. The molecule has 1 amide bonds. The third-order valence-corrected chi connectivity index (χ3v) is 4.88. The lowest BCUT2D eigenvalue weighted by Crippen LogP contribution is -2.56. The highest BCUT2D eigenvalue weighted by Gasteiger charge is 2.35. The third-order valence-electron chi connectivity index (χ3n) is 4.88. The van der Waals surface area contributed by atoms with Crippen molar-refractivity contribution in [3.8, 4) is 0 Å². The normalized spacial score (nSPS) is 22.0. The fraction of sp³-hybridized carbons (Fsp3) is 0.933. The van der Waals surface area contributed by atoms with Gasteiger partial charge in [-0.3, -0.25) is 4.79 Å². The summed E-state index contributed by atoms with van der Waals surface area (Å²) < 4.78 is 0. The van der Waals surface area contributed by atoms with Crippen molar-refractivity contribution < 1.29 is 4.79 Å². The predicted molar refractivity (Wildman–Crippen MR) is 79.9 cm³/mol. The van der Waals surface area contributed by atoms with Gasteiger partial charge in [0, 0.05) is 12.1 Å². The number of hydrogen-bond donors (Lipinski definition) is 2. The number of nitrogens with two attached hydrogens (primary N) is 1. The van der Waals surface area contributed by atoms with Crippen LogP contribution in [0.5, 0.6) is 0 Å². The van der Waals surface area contributed by atoms with Crippen molar-refractivity contribution in [2.24, 2.45) is 11.7 Å². The van der Waals surface area contributed by atoms with E-state index in [-0.39, 0.29) is 23.4 Å². The Morgan fingerprint density at radius 1 is 1.32 bits per heavy atom. The Morgan fingerprint density at radius 2 is 1.89 bits per heavy atom. The van der Waals surface area contributed by atoms with E-state index in [1.807, 2.05) is 6.92 Å². The molecule has 3 N–H and O–H groups in total. The molecule has 1 rings (SSSR count). The van der Waals surface area contributed by atoms with Crippen molar-refractivity contribution in [3.63, 3.8) is 0 Å². The van der Waals surface area contributed by atoms with E-state index in [4.69, 9.17) is 5.73 Å². The summed E-state index contributed by atoms with van der Waals surface area (Å²) in [5, 5.41) is 3.08. The summed E-state index contributed by atoms with van der Waals surface area (Å²) in [7, 11) is 4.23. The van der Waals surface area contributed by atoms with Crippen molar-refractivity contribution in [2.45, 2.75) is 64.0 Å². The minimum Gasteiger partial charge on any atom is -0.353 e. The second-order valence-electron chi connectivity index (χ2n) is 6.31. The second-order valence-corrected chi connectivity index (χ2v) is 6.31. The summed E-state index contributed by atoms with van der Waals surface area (Å²) in [5.74, 6) is 0.239. The van der Waals surface area contributed by atoms with E-state index < -0.39 is 0 Å². The van der Waals surface area contributed by atoms with Gasteiger partial charge in [0.15, 0.2) is 0 Å². The van der Waals surface area contributed by atoms with E-state index in [9.17, 15) is 4.79 Å². The minimum absolute atomic E-state index is 0.00106. The number of rotatable bonds is 6. The summed E-state index contributed by atoms with van der Waals surface area (Å²) in [4.78, 5) is 14.4. The van der Waals surface area contributed by atoms with Crippen LogP contribution in [-0.2, 0) is 4.79 Å². The number of nitrogens with one attached hydrogen (secondary N) is 1. The maximum Gasteiger partial charge on any atom is 0.237 e.